The number of Topliss-reactive ketones (excluding diaryl/α,β-unsaturated/α-hetero) is 1. The van der Waals surface area contributed by atoms with Crippen LogP contribution < -0.4 is 10.1 Å². The summed E-state index contributed by atoms with van der Waals surface area (Å²) >= 11 is 0. The van der Waals surface area contributed by atoms with Gasteiger partial charge in [-0.25, -0.2) is 9.97 Å². The van der Waals surface area contributed by atoms with Crippen LogP contribution in [0.2, 0.25) is 0 Å². The minimum atomic E-state index is -0.527. The second kappa shape index (κ2) is 5.70. The lowest BCUT2D eigenvalue weighted by molar-refractivity contribution is 0.0620. The van der Waals surface area contributed by atoms with Gasteiger partial charge in [0.05, 0.1) is 12.0 Å². The number of aromatic nitrogens is 2. The fraction of sp³-hybridized carbons (Fsp3) is 0.333. The van der Waals surface area contributed by atoms with Crippen LogP contribution in [-0.2, 0) is 0 Å². The van der Waals surface area contributed by atoms with E-state index in [4.69, 9.17) is 4.74 Å². The zero-order valence-electron chi connectivity index (χ0n) is 14.1. The highest BCUT2D eigenvalue weighted by Crippen LogP contribution is 2.33. The predicted molar refractivity (Wildman–Crippen MR) is 89.6 cm³/mol. The van der Waals surface area contributed by atoms with Crippen LogP contribution in [0.25, 0.3) is 0 Å². The Balaban J connectivity index is 1.87. The molecular formula is C18H19N3O3. The molecule has 1 amide bonds. The number of hydrogen-bond acceptors (Lipinski definition) is 5. The van der Waals surface area contributed by atoms with E-state index in [0.29, 0.717) is 16.9 Å². The summed E-state index contributed by atoms with van der Waals surface area (Å²) in [5.41, 5.74) is 1.82. The van der Waals surface area contributed by atoms with E-state index < -0.39 is 5.60 Å². The average Bonchev–Trinajstić information content (AvgIpc) is 2.44. The standard InChI is InChI=1S/C18H19N3O3/c1-10-7-11(2)20-17(19-10)21-16(23)12-5-6-15-13(8-12)14(22)9-18(3,4)24-15/h5-8H,9H2,1-4H3,(H,19,20,21,23). The Labute approximate surface area is 140 Å². The Hall–Kier alpha value is -2.76. The van der Waals surface area contributed by atoms with E-state index in [0.717, 1.165) is 11.4 Å². The van der Waals surface area contributed by atoms with Gasteiger partial charge in [0.2, 0.25) is 5.95 Å². The molecule has 1 aromatic heterocycles. The molecule has 124 valence electrons. The zero-order valence-corrected chi connectivity index (χ0v) is 14.1. The average molecular weight is 325 g/mol. The van der Waals surface area contributed by atoms with Gasteiger partial charge in [-0.05, 0) is 52.0 Å². The van der Waals surface area contributed by atoms with Crippen molar-refractivity contribution < 1.29 is 14.3 Å². The summed E-state index contributed by atoms with van der Waals surface area (Å²) in [6.07, 6.45) is 0.283. The number of nitrogens with one attached hydrogen (secondary N) is 1. The van der Waals surface area contributed by atoms with Crippen LogP contribution >= 0.6 is 0 Å². The molecule has 2 heterocycles. The molecule has 0 unspecified atom stereocenters. The van der Waals surface area contributed by atoms with Gasteiger partial charge >= 0.3 is 0 Å². The highest BCUT2D eigenvalue weighted by atomic mass is 16.5. The summed E-state index contributed by atoms with van der Waals surface area (Å²) in [5.74, 6) is 0.369. The van der Waals surface area contributed by atoms with Crippen molar-refractivity contribution in [2.24, 2.45) is 0 Å². The minimum Gasteiger partial charge on any atom is -0.487 e. The number of hydrogen-bond donors (Lipinski definition) is 1. The second-order valence-electron chi connectivity index (χ2n) is 6.60. The van der Waals surface area contributed by atoms with Crippen molar-refractivity contribution >= 4 is 17.6 Å². The number of ketones is 1. The molecule has 0 saturated heterocycles. The molecule has 1 aromatic carbocycles. The Morgan fingerprint density at radius 2 is 1.83 bits per heavy atom. The summed E-state index contributed by atoms with van der Waals surface area (Å²) in [4.78, 5) is 33.1. The zero-order chi connectivity index (χ0) is 17.5. The SMILES string of the molecule is Cc1cc(C)nc(NC(=O)c2ccc3c(c2)C(=O)CC(C)(C)O3)n1. The molecule has 0 bridgehead atoms. The first-order valence-electron chi connectivity index (χ1n) is 7.73. The molecule has 0 aliphatic carbocycles. The van der Waals surface area contributed by atoms with Crippen LogP contribution in [0.4, 0.5) is 5.95 Å². The Bertz CT molecular complexity index is 823. The number of carbonyl (C=O) groups excluding carboxylic acids is 2. The van der Waals surface area contributed by atoms with Gasteiger partial charge in [-0.1, -0.05) is 0 Å². The fourth-order valence-corrected chi connectivity index (χ4v) is 2.75. The first kappa shape index (κ1) is 16.1. The number of rotatable bonds is 2. The molecule has 6 nitrogen and oxygen atoms in total. The Morgan fingerprint density at radius 3 is 2.50 bits per heavy atom. The molecule has 1 N–H and O–H groups in total. The van der Waals surface area contributed by atoms with E-state index in [1.54, 1.807) is 18.2 Å². The van der Waals surface area contributed by atoms with Gasteiger partial charge in [0, 0.05) is 17.0 Å². The fourth-order valence-electron chi connectivity index (χ4n) is 2.75. The number of ether oxygens (including phenoxy) is 1. The van der Waals surface area contributed by atoms with E-state index in [-0.39, 0.29) is 24.1 Å². The highest BCUT2D eigenvalue weighted by molar-refractivity contribution is 6.07. The molecule has 24 heavy (non-hydrogen) atoms. The maximum atomic E-state index is 12.4. The van der Waals surface area contributed by atoms with Crippen molar-refractivity contribution in [3.63, 3.8) is 0 Å². The maximum Gasteiger partial charge on any atom is 0.258 e. The number of amides is 1. The van der Waals surface area contributed by atoms with Crippen molar-refractivity contribution in [2.75, 3.05) is 5.32 Å². The lowest BCUT2D eigenvalue weighted by atomic mass is 9.92. The van der Waals surface area contributed by atoms with E-state index in [2.05, 4.69) is 15.3 Å². The summed E-state index contributed by atoms with van der Waals surface area (Å²) < 4.78 is 5.80. The molecule has 1 aliphatic heterocycles. The van der Waals surface area contributed by atoms with Crippen LogP contribution in [0.1, 0.15) is 52.4 Å². The van der Waals surface area contributed by atoms with E-state index in [1.807, 2.05) is 33.8 Å². The van der Waals surface area contributed by atoms with Gasteiger partial charge in [0.15, 0.2) is 5.78 Å². The highest BCUT2D eigenvalue weighted by Gasteiger charge is 2.32. The number of nitrogens with zero attached hydrogens (tertiary/aromatic N) is 2. The van der Waals surface area contributed by atoms with Crippen molar-refractivity contribution in [3.8, 4) is 5.75 Å². The lowest BCUT2D eigenvalue weighted by Gasteiger charge is -2.31. The number of benzene rings is 1. The quantitative estimate of drug-likeness (QED) is 0.917. The van der Waals surface area contributed by atoms with Gasteiger partial charge in [0.1, 0.15) is 11.4 Å². The van der Waals surface area contributed by atoms with Gasteiger partial charge in [-0.15, -0.1) is 0 Å². The van der Waals surface area contributed by atoms with Gasteiger partial charge in [0.25, 0.3) is 5.91 Å². The van der Waals surface area contributed by atoms with Crippen LogP contribution in [0, 0.1) is 13.8 Å². The number of fused-ring (bicyclic) bond motifs is 1. The van der Waals surface area contributed by atoms with Crippen LogP contribution in [0.3, 0.4) is 0 Å². The van der Waals surface area contributed by atoms with E-state index >= 15 is 0 Å². The third kappa shape index (κ3) is 3.27. The minimum absolute atomic E-state index is 0.0291. The first-order chi connectivity index (χ1) is 11.2. The van der Waals surface area contributed by atoms with E-state index in [9.17, 15) is 9.59 Å². The van der Waals surface area contributed by atoms with Crippen LogP contribution in [0.5, 0.6) is 5.75 Å². The summed E-state index contributed by atoms with van der Waals surface area (Å²) in [6, 6.07) is 6.67. The molecule has 1 aliphatic rings. The lowest BCUT2D eigenvalue weighted by Crippen LogP contribution is -2.36. The number of aryl methyl sites for hydroxylation is 2. The molecule has 3 rings (SSSR count). The van der Waals surface area contributed by atoms with Gasteiger partial charge in [-0.2, -0.15) is 0 Å². The van der Waals surface area contributed by atoms with Crippen molar-refractivity contribution in [3.05, 3.63) is 46.8 Å². The second-order valence-corrected chi connectivity index (χ2v) is 6.60. The smallest absolute Gasteiger partial charge is 0.258 e. The van der Waals surface area contributed by atoms with Crippen molar-refractivity contribution in [2.45, 2.75) is 39.7 Å². The van der Waals surface area contributed by atoms with Crippen LogP contribution in [0.15, 0.2) is 24.3 Å². The number of anilines is 1. The summed E-state index contributed by atoms with van der Waals surface area (Å²) in [7, 11) is 0. The van der Waals surface area contributed by atoms with Gasteiger partial charge < -0.3 is 4.74 Å². The third-order valence-electron chi connectivity index (χ3n) is 3.72. The third-order valence-corrected chi connectivity index (χ3v) is 3.72. The molecule has 0 fully saturated rings. The Morgan fingerprint density at radius 1 is 1.17 bits per heavy atom. The summed E-state index contributed by atoms with van der Waals surface area (Å²) in [6.45, 7) is 7.40. The van der Waals surface area contributed by atoms with Crippen molar-refractivity contribution in [1.29, 1.82) is 0 Å². The molecule has 2 aromatic rings. The molecule has 0 radical (unpaired) electrons. The monoisotopic (exact) mass is 325 g/mol. The first-order valence-corrected chi connectivity index (χ1v) is 7.73. The number of carbonyl (C=O) groups is 2. The van der Waals surface area contributed by atoms with Crippen molar-refractivity contribution in [1.82, 2.24) is 9.97 Å². The summed E-state index contributed by atoms with van der Waals surface area (Å²) in [5, 5.41) is 2.66. The molecule has 0 spiro atoms. The molecule has 0 atom stereocenters. The topological polar surface area (TPSA) is 81.2 Å². The molecule has 6 heteroatoms. The Kier molecular flexibility index (Phi) is 3.83. The van der Waals surface area contributed by atoms with E-state index in [1.165, 1.54) is 0 Å². The van der Waals surface area contributed by atoms with Crippen LogP contribution in [-0.4, -0.2) is 27.3 Å². The molecule has 0 saturated carbocycles. The van der Waals surface area contributed by atoms with Gasteiger partial charge in [-0.3, -0.25) is 14.9 Å². The normalized spacial score (nSPS) is 15.4. The largest absolute Gasteiger partial charge is 0.487 e. The maximum absolute atomic E-state index is 12.4. The molecular weight excluding hydrogens is 306 g/mol. The predicted octanol–water partition coefficient (Wildman–Crippen LogP) is 3.09.